The number of hydrogen-bond donors (Lipinski definition) is 2. The Balaban J connectivity index is 1.95. The molecule has 2 rings (SSSR count). The second-order valence-corrected chi connectivity index (χ2v) is 7.74. The molecule has 0 radical (unpaired) electrons. The van der Waals surface area contributed by atoms with Crippen LogP contribution in [0.15, 0.2) is 0 Å². The van der Waals surface area contributed by atoms with Crippen LogP contribution in [0.4, 0.5) is 0 Å². The van der Waals surface area contributed by atoms with Crippen LogP contribution < -0.4 is 5.32 Å². The van der Waals surface area contributed by atoms with Crippen LogP contribution in [-0.2, 0) is 0 Å². The fourth-order valence-electron chi connectivity index (χ4n) is 3.13. The number of rotatable bonds is 7. The Morgan fingerprint density at radius 3 is 2.11 bits per heavy atom. The Hall–Kier alpha value is -0.120. The van der Waals surface area contributed by atoms with E-state index in [2.05, 4.69) is 38.0 Å². The summed E-state index contributed by atoms with van der Waals surface area (Å²) in [6.45, 7) is 9.15. The van der Waals surface area contributed by atoms with E-state index in [9.17, 15) is 5.11 Å². The lowest BCUT2D eigenvalue weighted by atomic mass is 9.91. The third kappa shape index (κ3) is 3.94. The maximum absolute atomic E-state index is 9.92. The summed E-state index contributed by atoms with van der Waals surface area (Å²) in [5, 5.41) is 13.7. The zero-order valence-electron chi connectivity index (χ0n) is 12.5. The second kappa shape index (κ2) is 5.10. The van der Waals surface area contributed by atoms with E-state index in [1.807, 2.05) is 0 Å². The van der Waals surface area contributed by atoms with Crippen LogP contribution in [0, 0.1) is 11.3 Å². The van der Waals surface area contributed by atoms with Crippen molar-refractivity contribution in [1.29, 1.82) is 0 Å². The Morgan fingerprint density at radius 1 is 1.11 bits per heavy atom. The third-order valence-electron chi connectivity index (χ3n) is 4.01. The first-order chi connectivity index (χ1) is 8.35. The predicted octanol–water partition coefficient (Wildman–Crippen LogP) is 1.86. The highest BCUT2D eigenvalue weighted by molar-refractivity contribution is 5.06. The lowest BCUT2D eigenvalue weighted by Crippen LogP contribution is -2.58. The lowest BCUT2D eigenvalue weighted by Gasteiger charge is -2.39. The van der Waals surface area contributed by atoms with Gasteiger partial charge >= 0.3 is 0 Å². The molecule has 2 aliphatic rings. The van der Waals surface area contributed by atoms with Crippen LogP contribution in [0.2, 0.25) is 0 Å². The molecular weight excluding hydrogens is 224 g/mol. The summed E-state index contributed by atoms with van der Waals surface area (Å²) >= 11 is 0. The van der Waals surface area contributed by atoms with Gasteiger partial charge in [-0.2, -0.15) is 0 Å². The molecule has 1 atom stereocenters. The molecule has 18 heavy (non-hydrogen) atoms. The van der Waals surface area contributed by atoms with E-state index in [4.69, 9.17) is 0 Å². The molecule has 0 amide bonds. The molecule has 106 valence electrons. The van der Waals surface area contributed by atoms with Gasteiger partial charge in [-0.15, -0.1) is 0 Å². The van der Waals surface area contributed by atoms with Gasteiger partial charge in [-0.25, -0.2) is 0 Å². The lowest BCUT2D eigenvalue weighted by molar-refractivity contribution is 0.0858. The van der Waals surface area contributed by atoms with Gasteiger partial charge in [0.2, 0.25) is 0 Å². The first-order valence-corrected chi connectivity index (χ1v) is 7.42. The number of hydrogen-bond acceptors (Lipinski definition) is 3. The van der Waals surface area contributed by atoms with Gasteiger partial charge in [0.15, 0.2) is 0 Å². The minimum atomic E-state index is -0.0405. The molecule has 0 saturated heterocycles. The SMILES string of the molecule is CN(CC(C)(C)C)CC(CO)(NC1CC1)C1CC1. The highest BCUT2D eigenvalue weighted by Crippen LogP contribution is 2.42. The number of likely N-dealkylation sites (N-methyl/N-ethyl adjacent to an activating group) is 1. The average Bonchev–Trinajstić information content (AvgIpc) is 3.07. The van der Waals surface area contributed by atoms with Crippen molar-refractivity contribution in [3.63, 3.8) is 0 Å². The topological polar surface area (TPSA) is 35.5 Å². The second-order valence-electron chi connectivity index (χ2n) is 7.74. The molecule has 3 nitrogen and oxygen atoms in total. The Morgan fingerprint density at radius 2 is 1.72 bits per heavy atom. The van der Waals surface area contributed by atoms with E-state index in [0.29, 0.717) is 17.4 Å². The summed E-state index contributed by atoms with van der Waals surface area (Å²) in [6, 6.07) is 0.667. The highest BCUT2D eigenvalue weighted by Gasteiger charge is 2.47. The quantitative estimate of drug-likeness (QED) is 0.728. The number of aliphatic hydroxyl groups excluding tert-OH is 1. The Labute approximate surface area is 112 Å². The largest absolute Gasteiger partial charge is 0.394 e. The van der Waals surface area contributed by atoms with Crippen LogP contribution in [0.25, 0.3) is 0 Å². The van der Waals surface area contributed by atoms with Crippen molar-refractivity contribution in [2.75, 3.05) is 26.7 Å². The van der Waals surface area contributed by atoms with Crippen molar-refractivity contribution in [1.82, 2.24) is 10.2 Å². The van der Waals surface area contributed by atoms with Gasteiger partial charge in [0, 0.05) is 19.1 Å². The number of nitrogens with zero attached hydrogens (tertiary/aromatic N) is 1. The van der Waals surface area contributed by atoms with Crippen LogP contribution in [0.5, 0.6) is 0 Å². The van der Waals surface area contributed by atoms with Crippen molar-refractivity contribution in [2.45, 2.75) is 58.0 Å². The molecule has 0 bridgehead atoms. The average molecular weight is 254 g/mol. The standard InChI is InChI=1S/C15H30N2O/c1-14(2,3)9-17(4)10-15(11-18,12-5-6-12)16-13-7-8-13/h12-13,16,18H,5-11H2,1-4H3. The Bertz CT molecular complexity index is 279. The molecule has 0 aromatic carbocycles. The number of nitrogens with one attached hydrogen (secondary N) is 1. The predicted molar refractivity (Wildman–Crippen MR) is 75.7 cm³/mol. The molecule has 0 aliphatic heterocycles. The first kappa shape index (κ1) is 14.3. The molecule has 2 aliphatic carbocycles. The van der Waals surface area contributed by atoms with E-state index in [1.54, 1.807) is 0 Å². The molecule has 0 aromatic rings. The van der Waals surface area contributed by atoms with E-state index in [1.165, 1.54) is 25.7 Å². The van der Waals surface area contributed by atoms with Crippen LogP contribution in [-0.4, -0.2) is 48.3 Å². The summed E-state index contributed by atoms with van der Waals surface area (Å²) in [4.78, 5) is 2.39. The molecule has 0 spiro atoms. The molecular formula is C15H30N2O. The fourth-order valence-corrected chi connectivity index (χ4v) is 3.13. The normalized spacial score (nSPS) is 24.3. The van der Waals surface area contributed by atoms with Crippen molar-refractivity contribution < 1.29 is 5.11 Å². The summed E-state index contributed by atoms with van der Waals surface area (Å²) in [5.41, 5.74) is 0.278. The molecule has 2 saturated carbocycles. The van der Waals surface area contributed by atoms with Gasteiger partial charge in [0.05, 0.1) is 12.1 Å². The Kier molecular flexibility index (Phi) is 4.05. The van der Waals surface area contributed by atoms with Crippen molar-refractivity contribution in [3.8, 4) is 0 Å². The smallest absolute Gasteiger partial charge is 0.0628 e. The van der Waals surface area contributed by atoms with E-state index in [0.717, 1.165) is 13.1 Å². The van der Waals surface area contributed by atoms with Gasteiger partial charge in [0.1, 0.15) is 0 Å². The summed E-state index contributed by atoms with van der Waals surface area (Å²) < 4.78 is 0. The molecule has 2 fully saturated rings. The van der Waals surface area contributed by atoms with Gasteiger partial charge in [-0.05, 0) is 44.1 Å². The summed E-state index contributed by atoms with van der Waals surface area (Å²) in [5.74, 6) is 0.686. The highest BCUT2D eigenvalue weighted by atomic mass is 16.3. The zero-order chi connectivity index (χ0) is 13.4. The van der Waals surface area contributed by atoms with Crippen LogP contribution in [0.1, 0.15) is 46.5 Å². The van der Waals surface area contributed by atoms with E-state index >= 15 is 0 Å². The van der Waals surface area contributed by atoms with Gasteiger partial charge < -0.3 is 15.3 Å². The monoisotopic (exact) mass is 254 g/mol. The fraction of sp³-hybridized carbons (Fsp3) is 1.00. The van der Waals surface area contributed by atoms with Crippen LogP contribution >= 0.6 is 0 Å². The first-order valence-electron chi connectivity index (χ1n) is 7.42. The maximum atomic E-state index is 9.92. The van der Waals surface area contributed by atoms with Crippen molar-refractivity contribution in [2.24, 2.45) is 11.3 Å². The molecule has 1 unspecified atom stereocenters. The maximum Gasteiger partial charge on any atom is 0.0628 e. The molecule has 0 heterocycles. The van der Waals surface area contributed by atoms with Crippen molar-refractivity contribution in [3.05, 3.63) is 0 Å². The summed E-state index contributed by atoms with van der Waals surface area (Å²) in [6.07, 6.45) is 5.14. The van der Waals surface area contributed by atoms with E-state index in [-0.39, 0.29) is 12.1 Å². The van der Waals surface area contributed by atoms with Crippen LogP contribution in [0.3, 0.4) is 0 Å². The minimum Gasteiger partial charge on any atom is -0.394 e. The van der Waals surface area contributed by atoms with Crippen molar-refractivity contribution >= 4 is 0 Å². The zero-order valence-corrected chi connectivity index (χ0v) is 12.5. The molecule has 0 aromatic heterocycles. The third-order valence-corrected chi connectivity index (χ3v) is 4.01. The molecule has 2 N–H and O–H groups in total. The number of aliphatic hydroxyl groups is 1. The van der Waals surface area contributed by atoms with E-state index < -0.39 is 0 Å². The van der Waals surface area contributed by atoms with Gasteiger partial charge in [-0.1, -0.05) is 20.8 Å². The summed E-state index contributed by atoms with van der Waals surface area (Å²) in [7, 11) is 2.19. The van der Waals surface area contributed by atoms with Gasteiger partial charge in [-0.3, -0.25) is 0 Å². The minimum absolute atomic E-state index is 0.0405. The van der Waals surface area contributed by atoms with Gasteiger partial charge in [0.25, 0.3) is 0 Å². The molecule has 3 heteroatoms.